The Bertz CT molecular complexity index is 328. The van der Waals surface area contributed by atoms with Gasteiger partial charge in [0.15, 0.2) is 6.54 Å². The van der Waals surface area contributed by atoms with Gasteiger partial charge in [-0.05, 0) is 19.3 Å². The summed E-state index contributed by atoms with van der Waals surface area (Å²) in [6.07, 6.45) is 21.0. The van der Waals surface area contributed by atoms with E-state index in [1.54, 1.807) is 0 Å². The summed E-state index contributed by atoms with van der Waals surface area (Å²) < 4.78 is 6.19. The highest BCUT2D eigenvalue weighted by molar-refractivity contribution is 5.70. The number of likely N-dealkylation sites (N-methyl/N-ethyl adjacent to an activating group) is 1. The van der Waals surface area contributed by atoms with Crippen LogP contribution in [0.1, 0.15) is 117 Å². The second kappa shape index (κ2) is 18.8. The molecule has 0 aromatic rings. The quantitative estimate of drug-likeness (QED) is 0.130. The Hall–Kier alpha value is -0.570. The van der Waals surface area contributed by atoms with E-state index in [1.807, 2.05) is 0 Å². The fourth-order valence-corrected chi connectivity index (χ4v) is 3.57. The minimum Gasteiger partial charge on any atom is -0.462 e. The summed E-state index contributed by atoms with van der Waals surface area (Å²) in [5.41, 5.74) is 0. The maximum Gasteiger partial charge on any atom is 0.361 e. The first-order chi connectivity index (χ1) is 13.0. The minimum absolute atomic E-state index is 0.0272. The second-order valence-electron chi connectivity index (χ2n) is 8.99. The van der Waals surface area contributed by atoms with Crippen molar-refractivity contribution >= 4 is 5.97 Å². The molecule has 0 fully saturated rings. The lowest BCUT2D eigenvalue weighted by atomic mass is 10.1. The highest BCUT2D eigenvalue weighted by atomic mass is 16.5. The van der Waals surface area contributed by atoms with Gasteiger partial charge in [-0.25, -0.2) is 4.79 Å². The predicted molar refractivity (Wildman–Crippen MR) is 118 cm³/mol. The third-order valence-electron chi connectivity index (χ3n) is 5.44. The summed E-state index contributed by atoms with van der Waals surface area (Å²) >= 11 is 0. The molecular formula is C24H50NO2+. The van der Waals surface area contributed by atoms with Crippen LogP contribution in [-0.2, 0) is 9.53 Å². The molecule has 0 aliphatic heterocycles. The lowest BCUT2D eigenvalue weighted by molar-refractivity contribution is -0.883. The van der Waals surface area contributed by atoms with Gasteiger partial charge < -0.3 is 9.22 Å². The number of carbonyl (C=O) groups excluding carboxylic acids is 1. The molecule has 0 saturated carbocycles. The fraction of sp³-hybridized carbons (Fsp3) is 0.958. The van der Waals surface area contributed by atoms with Crippen molar-refractivity contribution < 1.29 is 14.0 Å². The van der Waals surface area contributed by atoms with Gasteiger partial charge in [-0.1, -0.05) is 97.3 Å². The number of carbonyl (C=O) groups is 1. The van der Waals surface area contributed by atoms with Crippen molar-refractivity contribution in [2.75, 3.05) is 33.8 Å². The molecule has 162 valence electrons. The Morgan fingerprint density at radius 2 is 1.04 bits per heavy atom. The SMILES string of the molecule is CCCCCCCCCCCC[N+](C)(C)CC(=O)OCCCCCCCC. The molecule has 0 rings (SSSR count). The van der Waals surface area contributed by atoms with E-state index in [0.717, 1.165) is 17.4 Å². The number of rotatable bonds is 20. The summed E-state index contributed by atoms with van der Waals surface area (Å²) in [6.45, 7) is 6.69. The van der Waals surface area contributed by atoms with Crippen molar-refractivity contribution in [3.63, 3.8) is 0 Å². The number of esters is 1. The molecule has 0 unspecified atom stereocenters. The van der Waals surface area contributed by atoms with Gasteiger partial charge in [0.1, 0.15) is 0 Å². The number of quaternary nitrogens is 1. The first-order valence-electron chi connectivity index (χ1n) is 12.0. The number of hydrogen-bond donors (Lipinski definition) is 0. The van der Waals surface area contributed by atoms with E-state index in [-0.39, 0.29) is 5.97 Å². The maximum atomic E-state index is 12.0. The van der Waals surface area contributed by atoms with Gasteiger partial charge in [-0.15, -0.1) is 0 Å². The Balaban J connectivity index is 3.51. The number of nitrogens with zero attached hydrogens (tertiary/aromatic N) is 1. The molecule has 0 aliphatic rings. The monoisotopic (exact) mass is 384 g/mol. The predicted octanol–water partition coefficient (Wildman–Crippen LogP) is 6.89. The van der Waals surface area contributed by atoms with Gasteiger partial charge in [0.25, 0.3) is 0 Å². The molecule has 27 heavy (non-hydrogen) atoms. The van der Waals surface area contributed by atoms with Crippen molar-refractivity contribution in [3.8, 4) is 0 Å². The molecule has 3 heteroatoms. The lowest BCUT2D eigenvalue weighted by Gasteiger charge is -2.28. The summed E-state index contributed by atoms with van der Waals surface area (Å²) in [5, 5.41) is 0. The first kappa shape index (κ1) is 26.4. The van der Waals surface area contributed by atoms with Crippen LogP contribution in [0, 0.1) is 0 Å². The van der Waals surface area contributed by atoms with Gasteiger partial charge in [0.2, 0.25) is 0 Å². The molecule has 0 heterocycles. The lowest BCUT2D eigenvalue weighted by Crippen LogP contribution is -2.45. The molecular weight excluding hydrogens is 334 g/mol. The molecule has 0 amide bonds. The van der Waals surface area contributed by atoms with Gasteiger partial charge in [0.05, 0.1) is 27.2 Å². The molecule has 0 N–H and O–H groups in total. The Morgan fingerprint density at radius 3 is 1.52 bits per heavy atom. The topological polar surface area (TPSA) is 26.3 Å². The fourth-order valence-electron chi connectivity index (χ4n) is 3.57. The standard InChI is InChI=1S/C24H50NO2/c1-5-7-9-11-13-14-15-16-17-19-21-25(3,4)23-24(26)27-22-20-18-12-10-8-6-2/h5-23H2,1-4H3/q+1. The average molecular weight is 385 g/mol. The van der Waals surface area contributed by atoms with Crippen LogP contribution in [-0.4, -0.2) is 44.2 Å². The van der Waals surface area contributed by atoms with Crippen molar-refractivity contribution in [2.45, 2.75) is 117 Å². The normalized spacial score (nSPS) is 11.7. The Labute approximate surface area is 170 Å². The van der Waals surface area contributed by atoms with Crippen LogP contribution in [0.3, 0.4) is 0 Å². The zero-order valence-electron chi connectivity index (χ0n) is 19.2. The van der Waals surface area contributed by atoms with Gasteiger partial charge in [-0.2, -0.15) is 0 Å². The van der Waals surface area contributed by atoms with Crippen LogP contribution in [0.2, 0.25) is 0 Å². The van der Waals surface area contributed by atoms with E-state index in [1.165, 1.54) is 96.3 Å². The van der Waals surface area contributed by atoms with E-state index >= 15 is 0 Å². The minimum atomic E-state index is -0.0272. The van der Waals surface area contributed by atoms with Crippen LogP contribution in [0.5, 0.6) is 0 Å². The van der Waals surface area contributed by atoms with E-state index in [0.29, 0.717) is 13.2 Å². The van der Waals surface area contributed by atoms with E-state index in [9.17, 15) is 4.79 Å². The molecule has 0 bridgehead atoms. The van der Waals surface area contributed by atoms with Crippen molar-refractivity contribution in [1.29, 1.82) is 0 Å². The number of ether oxygens (including phenoxy) is 1. The van der Waals surface area contributed by atoms with E-state index < -0.39 is 0 Å². The zero-order chi connectivity index (χ0) is 20.2. The van der Waals surface area contributed by atoms with E-state index in [2.05, 4.69) is 27.9 Å². The van der Waals surface area contributed by atoms with Crippen LogP contribution < -0.4 is 0 Å². The zero-order valence-corrected chi connectivity index (χ0v) is 19.2. The summed E-state index contributed by atoms with van der Waals surface area (Å²) in [4.78, 5) is 12.0. The van der Waals surface area contributed by atoms with Crippen molar-refractivity contribution in [3.05, 3.63) is 0 Å². The van der Waals surface area contributed by atoms with Crippen LogP contribution in [0.25, 0.3) is 0 Å². The summed E-state index contributed by atoms with van der Waals surface area (Å²) in [7, 11) is 4.31. The highest BCUT2D eigenvalue weighted by Crippen LogP contribution is 2.12. The largest absolute Gasteiger partial charge is 0.462 e. The van der Waals surface area contributed by atoms with Crippen LogP contribution >= 0.6 is 0 Å². The maximum absolute atomic E-state index is 12.0. The van der Waals surface area contributed by atoms with Gasteiger partial charge in [-0.3, -0.25) is 0 Å². The van der Waals surface area contributed by atoms with Crippen LogP contribution in [0.4, 0.5) is 0 Å². The number of unbranched alkanes of at least 4 members (excludes halogenated alkanes) is 14. The molecule has 0 saturated heterocycles. The average Bonchev–Trinajstić information content (AvgIpc) is 2.62. The first-order valence-corrected chi connectivity index (χ1v) is 12.0. The molecule has 0 radical (unpaired) electrons. The van der Waals surface area contributed by atoms with Gasteiger partial charge >= 0.3 is 5.97 Å². The smallest absolute Gasteiger partial charge is 0.361 e. The van der Waals surface area contributed by atoms with Crippen molar-refractivity contribution in [1.82, 2.24) is 0 Å². The van der Waals surface area contributed by atoms with Crippen molar-refractivity contribution in [2.24, 2.45) is 0 Å². The van der Waals surface area contributed by atoms with Crippen LogP contribution in [0.15, 0.2) is 0 Å². The Kier molecular flexibility index (Phi) is 18.4. The summed E-state index contributed by atoms with van der Waals surface area (Å²) in [6, 6.07) is 0. The Morgan fingerprint density at radius 1 is 0.630 bits per heavy atom. The number of hydrogen-bond acceptors (Lipinski definition) is 2. The highest BCUT2D eigenvalue weighted by Gasteiger charge is 2.20. The van der Waals surface area contributed by atoms with E-state index in [4.69, 9.17) is 4.74 Å². The molecule has 0 atom stereocenters. The second-order valence-corrected chi connectivity index (χ2v) is 8.99. The third-order valence-corrected chi connectivity index (χ3v) is 5.44. The third kappa shape index (κ3) is 20.0. The molecule has 0 aliphatic carbocycles. The molecule has 3 nitrogen and oxygen atoms in total. The summed E-state index contributed by atoms with van der Waals surface area (Å²) in [5.74, 6) is -0.0272. The molecule has 0 aromatic carbocycles. The van der Waals surface area contributed by atoms with Gasteiger partial charge in [0, 0.05) is 0 Å². The molecule has 0 spiro atoms. The molecule has 0 aromatic heterocycles.